The fraction of sp³-hybridized carbons (Fsp3) is 0.222. The molecule has 374 valence electrons. The fourth-order valence-electron chi connectivity index (χ4n) is 11.0. The average molecular weight is 979 g/mol. The van der Waals surface area contributed by atoms with E-state index in [4.69, 9.17) is 4.42 Å². The number of anilines is 6. The molecule has 0 atom stereocenters. The first-order chi connectivity index (χ1) is 35.7. The van der Waals surface area contributed by atoms with Crippen molar-refractivity contribution in [2.75, 3.05) is 9.80 Å². The Hall–Kier alpha value is -7.88. The number of hydrogen-bond donors (Lipinski definition) is 0. The quantitative estimate of drug-likeness (QED) is 0.151. The van der Waals surface area contributed by atoms with E-state index in [0.717, 1.165) is 55.5 Å². The first-order valence-corrected chi connectivity index (χ1v) is 26.7. The third kappa shape index (κ3) is 9.39. The minimum Gasteiger partial charge on any atom is -0.456 e. The van der Waals surface area contributed by atoms with Gasteiger partial charge in [0.15, 0.2) is 0 Å². The standard InChI is InChI=1S/C72H70N2O/c1-69(2,3)53-31-37-55(38-32-53)73(67-59(47-21-15-13-16-22-47)25-19-27-63(67)71(7,8)9)57-35-29-49-43-61-62-44-50-30-36-58(42-52(50)46-66(62)75-65(61)45-51(49)41-57)74(56-39-33-54(34-40-56)70(4,5)6)68-60(48-23-17-14-18-24-48)26-20-28-64(68)72(10,11)12/h13-46H,1-12H3. The molecule has 0 saturated heterocycles. The lowest BCUT2D eigenvalue weighted by Crippen LogP contribution is -2.20. The first-order valence-electron chi connectivity index (χ1n) is 26.7. The number of furan rings is 1. The highest BCUT2D eigenvalue weighted by Gasteiger charge is 2.30. The normalized spacial score (nSPS) is 12.5. The summed E-state index contributed by atoms with van der Waals surface area (Å²) in [5, 5.41) is 6.80. The lowest BCUT2D eigenvalue weighted by atomic mass is 9.82. The highest BCUT2D eigenvalue weighted by atomic mass is 16.3. The van der Waals surface area contributed by atoms with Gasteiger partial charge < -0.3 is 14.2 Å². The van der Waals surface area contributed by atoms with Gasteiger partial charge in [-0.2, -0.15) is 0 Å². The van der Waals surface area contributed by atoms with E-state index in [1.165, 1.54) is 66.7 Å². The van der Waals surface area contributed by atoms with E-state index in [9.17, 15) is 0 Å². The Bertz CT molecular complexity index is 3630. The predicted molar refractivity (Wildman–Crippen MR) is 324 cm³/mol. The number of hydrogen-bond acceptors (Lipinski definition) is 3. The molecule has 0 aliphatic heterocycles. The highest BCUT2D eigenvalue weighted by Crippen LogP contribution is 2.50. The maximum Gasteiger partial charge on any atom is 0.136 e. The van der Waals surface area contributed by atoms with E-state index in [0.29, 0.717) is 0 Å². The predicted octanol–water partition coefficient (Wildman–Crippen LogP) is 21.4. The molecule has 0 amide bonds. The van der Waals surface area contributed by atoms with Crippen molar-refractivity contribution in [2.24, 2.45) is 0 Å². The Morgan fingerprint density at radius 1 is 0.293 bits per heavy atom. The SMILES string of the molecule is CC(C)(C)c1ccc(N(c2ccc3cc4c(cc3c2)oc2cc3cc(N(c5ccc(C(C)(C)C)cc5)c5c(-c6ccccc6)cccc5C(C)(C)C)ccc3cc24)c2c(-c3ccccc3)cccc2C(C)(C)C)cc1. The van der Waals surface area contributed by atoms with Crippen LogP contribution in [-0.2, 0) is 21.7 Å². The molecular weight excluding hydrogens is 909 g/mol. The van der Waals surface area contributed by atoms with Gasteiger partial charge in [0.05, 0.1) is 11.4 Å². The van der Waals surface area contributed by atoms with E-state index >= 15 is 0 Å². The fourth-order valence-corrected chi connectivity index (χ4v) is 11.0. The lowest BCUT2D eigenvalue weighted by molar-refractivity contribution is 0.589. The van der Waals surface area contributed by atoms with Crippen molar-refractivity contribution < 1.29 is 4.42 Å². The number of fused-ring (bicyclic) bond motifs is 5. The van der Waals surface area contributed by atoms with Crippen molar-refractivity contribution in [1.82, 2.24) is 0 Å². The zero-order valence-corrected chi connectivity index (χ0v) is 45.9. The van der Waals surface area contributed by atoms with Gasteiger partial charge in [-0.1, -0.05) is 217 Å². The number of rotatable bonds is 8. The van der Waals surface area contributed by atoms with Crippen molar-refractivity contribution in [3.63, 3.8) is 0 Å². The second-order valence-corrected chi connectivity index (χ2v) is 24.8. The molecule has 0 radical (unpaired) electrons. The van der Waals surface area contributed by atoms with Crippen LogP contribution in [0.1, 0.15) is 105 Å². The number of nitrogens with zero attached hydrogens (tertiary/aromatic N) is 2. The van der Waals surface area contributed by atoms with E-state index in [1.807, 2.05) is 0 Å². The summed E-state index contributed by atoms with van der Waals surface area (Å²) in [5.41, 5.74) is 18.3. The van der Waals surface area contributed by atoms with Gasteiger partial charge in [0.1, 0.15) is 11.2 Å². The molecule has 0 spiro atoms. The molecule has 1 heterocycles. The van der Waals surface area contributed by atoms with Gasteiger partial charge in [0.25, 0.3) is 0 Å². The molecule has 0 bridgehead atoms. The van der Waals surface area contributed by atoms with Crippen LogP contribution >= 0.6 is 0 Å². The van der Waals surface area contributed by atoms with E-state index in [-0.39, 0.29) is 21.7 Å². The largest absolute Gasteiger partial charge is 0.456 e. The molecule has 0 unspecified atom stereocenters. The Labute approximate surface area is 445 Å². The second-order valence-electron chi connectivity index (χ2n) is 24.8. The number of para-hydroxylation sites is 2. The van der Waals surface area contributed by atoms with Crippen LogP contribution in [0.25, 0.3) is 65.7 Å². The van der Waals surface area contributed by atoms with Gasteiger partial charge in [0.2, 0.25) is 0 Å². The van der Waals surface area contributed by atoms with Gasteiger partial charge in [-0.15, -0.1) is 0 Å². The van der Waals surface area contributed by atoms with Crippen LogP contribution < -0.4 is 9.80 Å². The second kappa shape index (κ2) is 18.5. The molecule has 11 aromatic rings. The summed E-state index contributed by atoms with van der Waals surface area (Å²) in [4.78, 5) is 4.96. The monoisotopic (exact) mass is 979 g/mol. The summed E-state index contributed by atoms with van der Waals surface area (Å²) >= 11 is 0. The van der Waals surface area contributed by atoms with E-state index in [1.54, 1.807) is 0 Å². The van der Waals surface area contributed by atoms with Crippen molar-refractivity contribution in [3.05, 3.63) is 229 Å². The Balaban J connectivity index is 1.07. The molecule has 0 fully saturated rings. The highest BCUT2D eigenvalue weighted by molar-refractivity contribution is 6.14. The smallest absolute Gasteiger partial charge is 0.136 e. The van der Waals surface area contributed by atoms with Crippen molar-refractivity contribution >= 4 is 77.6 Å². The van der Waals surface area contributed by atoms with Crippen LogP contribution in [0.4, 0.5) is 34.1 Å². The molecule has 1 aromatic heterocycles. The van der Waals surface area contributed by atoms with Gasteiger partial charge in [-0.25, -0.2) is 0 Å². The summed E-state index contributed by atoms with van der Waals surface area (Å²) in [7, 11) is 0. The maximum atomic E-state index is 6.95. The zero-order valence-electron chi connectivity index (χ0n) is 45.9. The van der Waals surface area contributed by atoms with Crippen molar-refractivity contribution in [1.29, 1.82) is 0 Å². The van der Waals surface area contributed by atoms with Crippen LogP contribution in [0, 0.1) is 0 Å². The summed E-state index contributed by atoms with van der Waals surface area (Å²) < 4.78 is 6.95. The van der Waals surface area contributed by atoms with Gasteiger partial charge in [-0.3, -0.25) is 0 Å². The van der Waals surface area contributed by atoms with Gasteiger partial charge in [-0.05, 0) is 149 Å². The average Bonchev–Trinajstić information content (AvgIpc) is 3.72. The molecular formula is C72H70N2O. The van der Waals surface area contributed by atoms with E-state index in [2.05, 4.69) is 299 Å². The van der Waals surface area contributed by atoms with Crippen molar-refractivity contribution in [2.45, 2.75) is 105 Å². The Morgan fingerprint density at radius 3 is 1.00 bits per heavy atom. The molecule has 10 aromatic carbocycles. The number of benzene rings is 10. The van der Waals surface area contributed by atoms with Crippen LogP contribution in [0.5, 0.6) is 0 Å². The van der Waals surface area contributed by atoms with Crippen LogP contribution in [-0.4, -0.2) is 0 Å². The molecule has 0 aliphatic carbocycles. The van der Waals surface area contributed by atoms with Crippen LogP contribution in [0.2, 0.25) is 0 Å². The summed E-state index contributed by atoms with van der Waals surface area (Å²) in [6.45, 7) is 27.6. The molecule has 0 aliphatic rings. The third-order valence-electron chi connectivity index (χ3n) is 15.2. The van der Waals surface area contributed by atoms with E-state index < -0.39 is 0 Å². The minimum absolute atomic E-state index is 0.0289. The zero-order chi connectivity index (χ0) is 52.6. The molecule has 11 rings (SSSR count). The Morgan fingerprint density at radius 2 is 0.653 bits per heavy atom. The molecule has 3 heteroatoms. The molecule has 3 nitrogen and oxygen atoms in total. The molecule has 0 saturated carbocycles. The maximum absolute atomic E-state index is 6.95. The van der Waals surface area contributed by atoms with Crippen molar-refractivity contribution in [3.8, 4) is 22.3 Å². The Kier molecular flexibility index (Phi) is 12.2. The topological polar surface area (TPSA) is 19.6 Å². The summed E-state index contributed by atoms with van der Waals surface area (Å²) in [6.07, 6.45) is 0. The van der Waals surface area contributed by atoms with Gasteiger partial charge >= 0.3 is 0 Å². The van der Waals surface area contributed by atoms with Crippen LogP contribution in [0.3, 0.4) is 0 Å². The third-order valence-corrected chi connectivity index (χ3v) is 15.2. The summed E-state index contributed by atoms with van der Waals surface area (Å²) in [5.74, 6) is 0. The lowest BCUT2D eigenvalue weighted by Gasteiger charge is -2.34. The summed E-state index contributed by atoms with van der Waals surface area (Å²) in [6, 6.07) is 76.6. The van der Waals surface area contributed by atoms with Gasteiger partial charge in [0, 0.05) is 44.6 Å². The molecule has 0 N–H and O–H groups in total. The minimum atomic E-state index is -0.136. The first kappa shape index (κ1) is 49.3. The van der Waals surface area contributed by atoms with Crippen LogP contribution in [0.15, 0.2) is 211 Å². The molecule has 75 heavy (non-hydrogen) atoms.